The summed E-state index contributed by atoms with van der Waals surface area (Å²) in [5, 5.41) is 0. The molecule has 0 amide bonds. The Hall–Kier alpha value is -0.610. The smallest absolute Gasteiger partial charge is 0.0935 e. The first-order chi connectivity index (χ1) is 6.16. The molecule has 4 nitrogen and oxygen atoms in total. The third-order valence-corrected chi connectivity index (χ3v) is 1.60. The molecule has 0 fully saturated rings. The fourth-order valence-corrected chi connectivity index (χ4v) is 0.715. The van der Waals surface area contributed by atoms with Crippen LogP contribution in [0.25, 0.3) is 0 Å². The van der Waals surface area contributed by atoms with Gasteiger partial charge in [-0.15, -0.1) is 0 Å². The summed E-state index contributed by atoms with van der Waals surface area (Å²) in [5.74, 6) is 0.705. The summed E-state index contributed by atoms with van der Waals surface area (Å²) in [7, 11) is 4.05. The molecular formula is C9H21N3O. The van der Waals surface area contributed by atoms with E-state index in [2.05, 4.69) is 9.89 Å². The lowest BCUT2D eigenvalue weighted by molar-refractivity contribution is 0.124. The van der Waals surface area contributed by atoms with Gasteiger partial charge in [-0.2, -0.15) is 0 Å². The maximum Gasteiger partial charge on any atom is 0.0935 e. The SMILES string of the molecule is CCC(N)=NCCOCCN(C)C. The van der Waals surface area contributed by atoms with Gasteiger partial charge in [0.25, 0.3) is 0 Å². The minimum absolute atomic E-state index is 0.661. The Morgan fingerprint density at radius 2 is 2.08 bits per heavy atom. The van der Waals surface area contributed by atoms with Crippen molar-refractivity contribution < 1.29 is 4.74 Å². The van der Waals surface area contributed by atoms with Gasteiger partial charge in [0.2, 0.25) is 0 Å². The Balaban J connectivity index is 3.17. The summed E-state index contributed by atoms with van der Waals surface area (Å²) < 4.78 is 5.34. The Bertz CT molecular complexity index is 146. The van der Waals surface area contributed by atoms with Crippen LogP contribution in [0, 0.1) is 0 Å². The van der Waals surface area contributed by atoms with Crippen molar-refractivity contribution in [1.82, 2.24) is 4.90 Å². The zero-order valence-electron chi connectivity index (χ0n) is 8.92. The van der Waals surface area contributed by atoms with Crippen LogP contribution in [-0.4, -0.2) is 51.1 Å². The molecule has 13 heavy (non-hydrogen) atoms. The van der Waals surface area contributed by atoms with Crippen molar-refractivity contribution in [3.05, 3.63) is 0 Å². The third kappa shape index (κ3) is 9.30. The van der Waals surface area contributed by atoms with Crippen LogP contribution >= 0.6 is 0 Å². The minimum Gasteiger partial charge on any atom is -0.387 e. The van der Waals surface area contributed by atoms with Crippen LogP contribution in [0.4, 0.5) is 0 Å². The maximum atomic E-state index is 5.52. The average molecular weight is 187 g/mol. The molecule has 0 unspecified atom stereocenters. The molecular weight excluding hydrogens is 166 g/mol. The number of hydrogen-bond donors (Lipinski definition) is 1. The second-order valence-corrected chi connectivity index (χ2v) is 3.14. The van der Waals surface area contributed by atoms with Gasteiger partial charge in [-0.3, -0.25) is 4.99 Å². The van der Waals surface area contributed by atoms with E-state index in [-0.39, 0.29) is 0 Å². The first-order valence-electron chi connectivity index (χ1n) is 4.68. The summed E-state index contributed by atoms with van der Waals surface area (Å²) in [6.45, 7) is 5.04. The number of rotatable bonds is 7. The van der Waals surface area contributed by atoms with E-state index < -0.39 is 0 Å². The van der Waals surface area contributed by atoms with Crippen LogP contribution in [0.5, 0.6) is 0 Å². The highest BCUT2D eigenvalue weighted by molar-refractivity contribution is 5.79. The fraction of sp³-hybridized carbons (Fsp3) is 0.889. The Kier molecular flexibility index (Phi) is 7.63. The molecule has 0 aromatic heterocycles. The lowest BCUT2D eigenvalue weighted by Gasteiger charge is -2.08. The van der Waals surface area contributed by atoms with Crippen LogP contribution < -0.4 is 5.73 Å². The van der Waals surface area contributed by atoms with Gasteiger partial charge in [0.15, 0.2) is 0 Å². The maximum absolute atomic E-state index is 5.52. The normalized spacial score (nSPS) is 12.5. The summed E-state index contributed by atoms with van der Waals surface area (Å²) >= 11 is 0. The molecule has 0 saturated carbocycles. The standard InChI is InChI=1S/C9H21N3O/c1-4-9(10)11-5-7-13-8-6-12(2)3/h4-8H2,1-3H3,(H2,10,11). The number of nitrogens with zero attached hydrogens (tertiary/aromatic N) is 2. The van der Waals surface area contributed by atoms with Crippen LogP contribution in [0.1, 0.15) is 13.3 Å². The van der Waals surface area contributed by atoms with Crippen LogP contribution in [0.15, 0.2) is 4.99 Å². The summed E-state index contributed by atoms with van der Waals surface area (Å²) in [6, 6.07) is 0. The minimum atomic E-state index is 0.661. The van der Waals surface area contributed by atoms with Gasteiger partial charge >= 0.3 is 0 Å². The quantitative estimate of drug-likeness (QED) is 0.355. The van der Waals surface area contributed by atoms with E-state index in [1.807, 2.05) is 21.0 Å². The largest absolute Gasteiger partial charge is 0.387 e. The molecule has 0 aliphatic heterocycles. The van der Waals surface area contributed by atoms with E-state index in [4.69, 9.17) is 10.5 Å². The van der Waals surface area contributed by atoms with Gasteiger partial charge in [0.1, 0.15) is 0 Å². The van der Waals surface area contributed by atoms with Crippen molar-refractivity contribution in [2.75, 3.05) is 40.4 Å². The monoisotopic (exact) mass is 187 g/mol. The lowest BCUT2D eigenvalue weighted by atomic mass is 10.4. The third-order valence-electron chi connectivity index (χ3n) is 1.60. The number of amidine groups is 1. The topological polar surface area (TPSA) is 50.9 Å². The number of aliphatic imine (C=N–C) groups is 1. The van der Waals surface area contributed by atoms with Crippen molar-refractivity contribution in [2.45, 2.75) is 13.3 Å². The molecule has 2 N–H and O–H groups in total. The van der Waals surface area contributed by atoms with E-state index in [1.165, 1.54) is 0 Å². The zero-order chi connectivity index (χ0) is 10.1. The second kappa shape index (κ2) is 8.01. The highest BCUT2D eigenvalue weighted by atomic mass is 16.5. The van der Waals surface area contributed by atoms with Gasteiger partial charge in [-0.05, 0) is 14.1 Å². The molecule has 0 aromatic rings. The van der Waals surface area contributed by atoms with E-state index in [0.29, 0.717) is 19.0 Å². The molecule has 0 radical (unpaired) electrons. The molecule has 0 aromatic carbocycles. The molecule has 78 valence electrons. The Labute approximate surface area is 80.8 Å². The number of hydrogen-bond acceptors (Lipinski definition) is 3. The Morgan fingerprint density at radius 3 is 2.62 bits per heavy atom. The fourth-order valence-electron chi connectivity index (χ4n) is 0.715. The van der Waals surface area contributed by atoms with Crippen LogP contribution in [0.3, 0.4) is 0 Å². The first-order valence-corrected chi connectivity index (χ1v) is 4.68. The van der Waals surface area contributed by atoms with E-state index in [9.17, 15) is 0 Å². The van der Waals surface area contributed by atoms with Crippen molar-refractivity contribution in [3.8, 4) is 0 Å². The summed E-state index contributed by atoms with van der Waals surface area (Å²) in [4.78, 5) is 6.20. The van der Waals surface area contributed by atoms with Gasteiger partial charge in [-0.25, -0.2) is 0 Å². The van der Waals surface area contributed by atoms with E-state index >= 15 is 0 Å². The molecule has 0 aliphatic carbocycles. The molecule has 0 atom stereocenters. The lowest BCUT2D eigenvalue weighted by Crippen LogP contribution is -2.19. The number of likely N-dealkylation sites (N-methyl/N-ethyl adjacent to an activating group) is 1. The van der Waals surface area contributed by atoms with Crippen LogP contribution in [0.2, 0.25) is 0 Å². The zero-order valence-corrected chi connectivity index (χ0v) is 8.92. The molecule has 0 bridgehead atoms. The van der Waals surface area contributed by atoms with Crippen LogP contribution in [-0.2, 0) is 4.74 Å². The molecule has 0 saturated heterocycles. The average Bonchev–Trinajstić information content (AvgIpc) is 2.10. The highest BCUT2D eigenvalue weighted by Crippen LogP contribution is 1.82. The Morgan fingerprint density at radius 1 is 1.38 bits per heavy atom. The second-order valence-electron chi connectivity index (χ2n) is 3.14. The van der Waals surface area contributed by atoms with Crippen molar-refractivity contribution >= 4 is 5.84 Å². The predicted molar refractivity (Wildman–Crippen MR) is 56.2 cm³/mol. The van der Waals surface area contributed by atoms with Crippen molar-refractivity contribution in [2.24, 2.45) is 10.7 Å². The molecule has 0 rings (SSSR count). The molecule has 0 spiro atoms. The van der Waals surface area contributed by atoms with Crippen molar-refractivity contribution in [1.29, 1.82) is 0 Å². The highest BCUT2D eigenvalue weighted by Gasteiger charge is 1.90. The van der Waals surface area contributed by atoms with Gasteiger partial charge in [-0.1, -0.05) is 6.92 Å². The van der Waals surface area contributed by atoms with Gasteiger partial charge in [0.05, 0.1) is 25.6 Å². The summed E-state index contributed by atoms with van der Waals surface area (Å²) in [6.07, 6.45) is 0.817. The predicted octanol–water partition coefficient (Wildman–Crippen LogP) is 0.332. The number of nitrogens with two attached hydrogens (primary N) is 1. The molecule has 0 heterocycles. The number of ether oxygens (including phenoxy) is 1. The molecule has 4 heteroatoms. The van der Waals surface area contributed by atoms with E-state index in [0.717, 1.165) is 19.6 Å². The summed E-state index contributed by atoms with van der Waals surface area (Å²) in [5.41, 5.74) is 5.52. The van der Waals surface area contributed by atoms with Gasteiger partial charge < -0.3 is 15.4 Å². The van der Waals surface area contributed by atoms with E-state index in [1.54, 1.807) is 0 Å². The first kappa shape index (κ1) is 12.4. The van der Waals surface area contributed by atoms with Gasteiger partial charge in [0, 0.05) is 13.0 Å². The molecule has 0 aliphatic rings. The van der Waals surface area contributed by atoms with Crippen molar-refractivity contribution in [3.63, 3.8) is 0 Å².